The van der Waals surface area contributed by atoms with Gasteiger partial charge in [0.2, 0.25) is 10.0 Å². The van der Waals surface area contributed by atoms with Gasteiger partial charge < -0.3 is 0 Å². The summed E-state index contributed by atoms with van der Waals surface area (Å²) < 4.78 is 38.8. The van der Waals surface area contributed by atoms with Crippen molar-refractivity contribution in [3.8, 4) is 0 Å². The van der Waals surface area contributed by atoms with E-state index in [1.54, 1.807) is 6.20 Å². The summed E-state index contributed by atoms with van der Waals surface area (Å²) in [5, 5.41) is 6.30. The molecule has 1 aromatic carbocycles. The van der Waals surface area contributed by atoms with Crippen LogP contribution in [-0.4, -0.2) is 30.0 Å². The Labute approximate surface area is 115 Å². The molecule has 0 atom stereocenters. The van der Waals surface area contributed by atoms with E-state index in [0.29, 0.717) is 5.56 Å². The highest BCUT2D eigenvalue weighted by molar-refractivity contribution is 7.89. The molecule has 1 heterocycles. The van der Waals surface area contributed by atoms with E-state index in [1.807, 2.05) is 0 Å². The highest BCUT2D eigenvalue weighted by atomic mass is 35.5. The van der Waals surface area contributed by atoms with Crippen LogP contribution in [0.3, 0.4) is 0 Å². The van der Waals surface area contributed by atoms with Crippen LogP contribution in [0.25, 0.3) is 0 Å². The lowest BCUT2D eigenvalue weighted by Crippen LogP contribution is -2.26. The lowest BCUT2D eigenvalue weighted by molar-refractivity contribution is 0.466. The highest BCUT2D eigenvalue weighted by Crippen LogP contribution is 2.25. The van der Waals surface area contributed by atoms with Crippen molar-refractivity contribution >= 4 is 21.6 Å². The molecule has 1 N–H and O–H groups in total. The highest BCUT2D eigenvalue weighted by Gasteiger charge is 2.24. The van der Waals surface area contributed by atoms with Crippen LogP contribution in [0.15, 0.2) is 35.5 Å². The molecule has 0 amide bonds. The van der Waals surface area contributed by atoms with Gasteiger partial charge in [-0.1, -0.05) is 11.6 Å². The van der Waals surface area contributed by atoms with Crippen molar-refractivity contribution in [2.45, 2.75) is 11.4 Å². The second kappa shape index (κ2) is 5.28. The van der Waals surface area contributed by atoms with Crippen LogP contribution in [-0.2, 0) is 16.6 Å². The molecular weight excluding hydrogens is 293 g/mol. The minimum absolute atomic E-state index is 0.0135. The van der Waals surface area contributed by atoms with Crippen molar-refractivity contribution in [1.29, 1.82) is 0 Å². The number of halogens is 2. The first kappa shape index (κ1) is 14.0. The van der Waals surface area contributed by atoms with Crippen LogP contribution in [0.5, 0.6) is 0 Å². The van der Waals surface area contributed by atoms with Crippen molar-refractivity contribution in [2.75, 3.05) is 7.05 Å². The Hall–Kier alpha value is -1.44. The van der Waals surface area contributed by atoms with E-state index in [4.69, 9.17) is 11.6 Å². The Kier molecular flexibility index (Phi) is 3.88. The second-order valence-electron chi connectivity index (χ2n) is 3.94. The topological polar surface area (TPSA) is 66.1 Å². The molecule has 0 saturated heterocycles. The SMILES string of the molecule is CN(Cc1cn[nH]c1)S(=O)(=O)c1cc(F)ccc1Cl. The zero-order valence-corrected chi connectivity index (χ0v) is 11.5. The molecule has 1 aromatic heterocycles. The Balaban J connectivity index is 2.33. The van der Waals surface area contributed by atoms with Gasteiger partial charge in [-0.05, 0) is 18.2 Å². The van der Waals surface area contributed by atoms with E-state index in [9.17, 15) is 12.8 Å². The van der Waals surface area contributed by atoms with Crippen LogP contribution in [0.2, 0.25) is 5.02 Å². The fourth-order valence-corrected chi connectivity index (χ4v) is 3.19. The number of hydrogen-bond donors (Lipinski definition) is 1. The van der Waals surface area contributed by atoms with Gasteiger partial charge in [0.15, 0.2) is 0 Å². The Bertz CT molecular complexity index is 673. The number of sulfonamides is 1. The third-order valence-electron chi connectivity index (χ3n) is 2.54. The summed E-state index contributed by atoms with van der Waals surface area (Å²) in [4.78, 5) is -0.250. The quantitative estimate of drug-likeness (QED) is 0.939. The largest absolute Gasteiger partial charge is 0.285 e. The van der Waals surface area contributed by atoms with Gasteiger partial charge in [-0.2, -0.15) is 9.40 Å². The number of benzene rings is 1. The van der Waals surface area contributed by atoms with E-state index in [0.717, 1.165) is 16.4 Å². The van der Waals surface area contributed by atoms with E-state index >= 15 is 0 Å². The fourth-order valence-electron chi connectivity index (χ4n) is 1.55. The summed E-state index contributed by atoms with van der Waals surface area (Å²) in [6, 6.07) is 3.23. The van der Waals surface area contributed by atoms with Crippen molar-refractivity contribution in [3.05, 3.63) is 47.0 Å². The Morgan fingerprint density at radius 1 is 1.47 bits per heavy atom. The Morgan fingerprint density at radius 2 is 2.21 bits per heavy atom. The number of aromatic nitrogens is 2. The maximum Gasteiger partial charge on any atom is 0.244 e. The lowest BCUT2D eigenvalue weighted by Gasteiger charge is -2.17. The zero-order chi connectivity index (χ0) is 14.0. The van der Waals surface area contributed by atoms with Crippen molar-refractivity contribution in [3.63, 3.8) is 0 Å². The molecule has 2 aromatic rings. The van der Waals surface area contributed by atoms with Gasteiger partial charge in [0.05, 0.1) is 11.2 Å². The van der Waals surface area contributed by atoms with Crippen LogP contribution in [0, 0.1) is 5.82 Å². The maximum atomic E-state index is 13.2. The molecule has 0 unspecified atom stereocenters. The molecule has 5 nitrogen and oxygen atoms in total. The first-order chi connectivity index (χ1) is 8.91. The molecule has 8 heteroatoms. The summed E-state index contributed by atoms with van der Waals surface area (Å²) in [6.07, 6.45) is 3.10. The van der Waals surface area contributed by atoms with Crippen molar-refractivity contribution in [1.82, 2.24) is 14.5 Å². The molecule has 0 fully saturated rings. The fraction of sp³-hybridized carbons (Fsp3) is 0.182. The standard InChI is InChI=1S/C11H11ClFN3O2S/c1-16(7-8-5-14-15-6-8)19(17,18)11-4-9(13)2-3-10(11)12/h2-6H,7H2,1H3,(H,14,15). The molecule has 0 radical (unpaired) electrons. The third kappa shape index (κ3) is 2.94. The number of rotatable bonds is 4. The van der Waals surface area contributed by atoms with Crippen molar-refractivity contribution < 1.29 is 12.8 Å². The summed E-state index contributed by atoms with van der Waals surface area (Å²) >= 11 is 5.82. The monoisotopic (exact) mass is 303 g/mol. The maximum absolute atomic E-state index is 13.2. The molecule has 19 heavy (non-hydrogen) atoms. The predicted molar refractivity (Wildman–Crippen MR) is 68.7 cm³/mol. The molecule has 0 bridgehead atoms. The molecule has 2 rings (SSSR count). The number of hydrogen-bond acceptors (Lipinski definition) is 3. The van der Waals surface area contributed by atoms with Crippen LogP contribution < -0.4 is 0 Å². The number of H-pyrrole nitrogens is 1. The van der Waals surface area contributed by atoms with Gasteiger partial charge in [0.25, 0.3) is 0 Å². The summed E-state index contributed by atoms with van der Waals surface area (Å²) in [5.41, 5.74) is 0.693. The zero-order valence-electron chi connectivity index (χ0n) is 9.97. The predicted octanol–water partition coefficient (Wildman–Crippen LogP) is 2.02. The van der Waals surface area contributed by atoms with Gasteiger partial charge in [-0.25, -0.2) is 12.8 Å². The van der Waals surface area contributed by atoms with Crippen LogP contribution in [0.1, 0.15) is 5.56 Å². The van der Waals surface area contributed by atoms with Gasteiger partial charge in [-0.15, -0.1) is 0 Å². The smallest absolute Gasteiger partial charge is 0.244 e. The molecule has 0 aliphatic carbocycles. The number of nitrogens with zero attached hydrogens (tertiary/aromatic N) is 2. The van der Waals surface area contributed by atoms with E-state index < -0.39 is 15.8 Å². The second-order valence-corrected chi connectivity index (χ2v) is 6.36. The van der Waals surface area contributed by atoms with Gasteiger partial charge >= 0.3 is 0 Å². The summed E-state index contributed by atoms with van der Waals surface area (Å²) in [7, 11) is -2.46. The minimum Gasteiger partial charge on any atom is -0.285 e. The first-order valence-electron chi connectivity index (χ1n) is 5.30. The van der Waals surface area contributed by atoms with Gasteiger partial charge in [0, 0.05) is 25.4 Å². The van der Waals surface area contributed by atoms with Crippen LogP contribution in [0.4, 0.5) is 4.39 Å². The summed E-state index contributed by atoms with van der Waals surface area (Å²) in [5.74, 6) is -0.653. The van der Waals surface area contributed by atoms with Gasteiger partial charge in [0.1, 0.15) is 10.7 Å². The third-order valence-corrected chi connectivity index (χ3v) is 4.83. The Morgan fingerprint density at radius 3 is 2.84 bits per heavy atom. The number of nitrogens with one attached hydrogen (secondary N) is 1. The molecule has 0 aliphatic rings. The molecule has 0 saturated carbocycles. The normalized spacial score (nSPS) is 12.0. The number of aromatic amines is 1. The first-order valence-corrected chi connectivity index (χ1v) is 7.12. The molecule has 0 aliphatic heterocycles. The van der Waals surface area contributed by atoms with Crippen molar-refractivity contribution in [2.24, 2.45) is 0 Å². The molecule has 0 spiro atoms. The van der Waals surface area contributed by atoms with E-state index in [1.165, 1.54) is 19.3 Å². The summed E-state index contributed by atoms with van der Waals surface area (Å²) in [6.45, 7) is 0.117. The average molecular weight is 304 g/mol. The lowest BCUT2D eigenvalue weighted by atomic mass is 10.3. The average Bonchev–Trinajstić information content (AvgIpc) is 2.85. The molecule has 102 valence electrons. The molecular formula is C11H11ClFN3O2S. The minimum atomic E-state index is -3.85. The van der Waals surface area contributed by atoms with E-state index in [-0.39, 0.29) is 16.5 Å². The van der Waals surface area contributed by atoms with E-state index in [2.05, 4.69) is 10.2 Å². The van der Waals surface area contributed by atoms with Crippen LogP contribution >= 0.6 is 11.6 Å². The van der Waals surface area contributed by atoms with Gasteiger partial charge in [-0.3, -0.25) is 5.10 Å².